The fourth-order valence-corrected chi connectivity index (χ4v) is 6.39. The topological polar surface area (TPSA) is 107 Å². The number of hydrogen-bond acceptors (Lipinski definition) is 7. The first-order chi connectivity index (χ1) is 18.6. The van der Waals surface area contributed by atoms with E-state index in [2.05, 4.69) is 10.0 Å². The van der Waals surface area contributed by atoms with Crippen LogP contribution >= 0.6 is 0 Å². The van der Waals surface area contributed by atoms with Crippen molar-refractivity contribution in [2.24, 2.45) is 5.92 Å². The van der Waals surface area contributed by atoms with Crippen LogP contribution in [0.15, 0.2) is 47.2 Å². The number of aromatic nitrogens is 2. The Labute approximate surface area is 223 Å². The van der Waals surface area contributed by atoms with Gasteiger partial charge in [-0.3, -0.25) is 13.4 Å². The highest BCUT2D eigenvalue weighted by molar-refractivity contribution is 7.94. The van der Waals surface area contributed by atoms with Crippen molar-refractivity contribution < 1.29 is 26.5 Å². The zero-order chi connectivity index (χ0) is 27.5. The average Bonchev–Trinajstić information content (AvgIpc) is 3.24. The summed E-state index contributed by atoms with van der Waals surface area (Å²) in [6.07, 6.45) is 1.02. The van der Waals surface area contributed by atoms with Crippen molar-refractivity contribution in [1.82, 2.24) is 15.0 Å². The Balaban J connectivity index is 1.25. The lowest BCUT2D eigenvalue weighted by atomic mass is 10.1. The largest absolute Gasteiger partial charge is 0.364 e. The molecule has 3 aromatic rings. The molecule has 1 saturated carbocycles. The fraction of sp³-hybridized carbons (Fsp3) is 0.360. The number of piperazine rings is 1. The van der Waals surface area contributed by atoms with Crippen molar-refractivity contribution in [3.05, 3.63) is 59.8 Å². The summed E-state index contributed by atoms with van der Waals surface area (Å²) in [5.41, 5.74) is 2.45. The van der Waals surface area contributed by atoms with E-state index in [-0.39, 0.29) is 24.6 Å². The Morgan fingerprint density at radius 2 is 1.90 bits per heavy atom. The number of amides is 1. The lowest BCUT2D eigenvalue weighted by molar-refractivity contribution is 0.0736. The molecule has 1 amide bonds. The highest BCUT2D eigenvalue weighted by atomic mass is 32.2. The second kappa shape index (κ2) is 8.91. The Hall–Kier alpha value is -4.25. The summed E-state index contributed by atoms with van der Waals surface area (Å²) in [6, 6.07) is 9.82. The zero-order valence-corrected chi connectivity index (χ0v) is 21.6. The molecule has 14 heteroatoms. The third kappa shape index (κ3) is 4.22. The first-order valence-electron chi connectivity index (χ1n) is 12.2. The van der Waals surface area contributed by atoms with Gasteiger partial charge in [0.25, 0.3) is 11.8 Å². The Morgan fingerprint density at radius 1 is 1.15 bits per heavy atom. The van der Waals surface area contributed by atoms with Crippen molar-refractivity contribution in [1.29, 1.82) is 0 Å². The van der Waals surface area contributed by atoms with Crippen molar-refractivity contribution in [3.63, 3.8) is 0 Å². The fourth-order valence-electron chi connectivity index (χ4n) is 4.93. The minimum atomic E-state index is -3.97. The van der Waals surface area contributed by atoms with E-state index in [9.17, 15) is 22.0 Å². The quantitative estimate of drug-likeness (QED) is 0.444. The minimum absolute atomic E-state index is 0.229. The number of carbonyl (C=O) groups is 1. The van der Waals surface area contributed by atoms with Gasteiger partial charge in [0.05, 0.1) is 23.6 Å². The van der Waals surface area contributed by atoms with Crippen molar-refractivity contribution in [2.75, 3.05) is 53.3 Å². The molecule has 0 N–H and O–H groups in total. The van der Waals surface area contributed by atoms with Crippen LogP contribution in [0.3, 0.4) is 0 Å². The number of pyridine rings is 1. The van der Waals surface area contributed by atoms with Crippen LogP contribution in [-0.2, 0) is 10.2 Å². The number of anilines is 3. The van der Waals surface area contributed by atoms with Gasteiger partial charge in [-0.15, -0.1) is 0 Å². The maximum atomic E-state index is 13.5. The number of halogens is 2. The maximum Gasteiger partial charge on any atom is 0.326 e. The van der Waals surface area contributed by atoms with Gasteiger partial charge in [0.1, 0.15) is 12.1 Å². The Morgan fingerprint density at radius 3 is 2.54 bits per heavy atom. The van der Waals surface area contributed by atoms with Crippen LogP contribution in [0, 0.1) is 12.5 Å². The lowest BCUT2D eigenvalue weighted by Gasteiger charge is -2.35. The molecular weight excluding hydrogens is 532 g/mol. The predicted molar refractivity (Wildman–Crippen MR) is 138 cm³/mol. The van der Waals surface area contributed by atoms with Gasteiger partial charge in [-0.05, 0) is 18.2 Å². The summed E-state index contributed by atoms with van der Waals surface area (Å²) in [4.78, 5) is 24.5. The van der Waals surface area contributed by atoms with Crippen LogP contribution in [0.5, 0.6) is 0 Å². The lowest BCUT2D eigenvalue weighted by Crippen LogP contribution is -2.49. The van der Waals surface area contributed by atoms with Crippen LogP contribution in [0.1, 0.15) is 16.9 Å². The molecule has 2 fully saturated rings. The van der Waals surface area contributed by atoms with Gasteiger partial charge in [-0.25, -0.2) is 18.6 Å². The van der Waals surface area contributed by atoms with Crippen molar-refractivity contribution >= 4 is 39.0 Å². The first-order valence-corrected chi connectivity index (χ1v) is 13.6. The zero-order valence-electron chi connectivity index (χ0n) is 20.8. The second-order valence-electron chi connectivity index (χ2n) is 9.69. The summed E-state index contributed by atoms with van der Waals surface area (Å²) < 4.78 is 59.9. The molecule has 6 rings (SSSR count). The van der Waals surface area contributed by atoms with Crippen LogP contribution in [0.4, 0.5) is 31.7 Å². The molecular formula is C25H23F2N7O4S. The molecule has 1 aromatic carbocycles. The first kappa shape index (κ1) is 25.1. The van der Waals surface area contributed by atoms with Gasteiger partial charge in [0, 0.05) is 63.7 Å². The van der Waals surface area contributed by atoms with Gasteiger partial charge in [0.2, 0.25) is 5.69 Å². The number of nitrogens with zero attached hydrogens (tertiary/aromatic N) is 7. The van der Waals surface area contributed by atoms with Gasteiger partial charge < -0.3 is 14.3 Å². The Kier molecular flexibility index (Phi) is 5.72. The van der Waals surface area contributed by atoms with E-state index < -0.39 is 22.0 Å². The van der Waals surface area contributed by atoms with E-state index in [1.807, 2.05) is 4.90 Å². The second-order valence-corrected chi connectivity index (χ2v) is 11.6. The van der Waals surface area contributed by atoms with Crippen LogP contribution in [0.25, 0.3) is 16.1 Å². The molecule has 1 aliphatic carbocycles. The summed E-state index contributed by atoms with van der Waals surface area (Å²) in [5.74, 6) is -3.60. The molecule has 4 heterocycles. The highest BCUT2D eigenvalue weighted by Crippen LogP contribution is 2.51. The number of rotatable bonds is 5. The number of hydrogen-bond donors (Lipinski definition) is 0. The van der Waals surface area contributed by atoms with E-state index in [0.29, 0.717) is 60.3 Å². The molecule has 1 saturated heterocycles. The van der Waals surface area contributed by atoms with Crippen molar-refractivity contribution in [2.45, 2.75) is 12.3 Å². The van der Waals surface area contributed by atoms with Crippen molar-refractivity contribution in [3.8, 4) is 11.3 Å². The smallest absolute Gasteiger partial charge is 0.326 e. The van der Waals surface area contributed by atoms with E-state index in [4.69, 9.17) is 16.1 Å². The van der Waals surface area contributed by atoms with Gasteiger partial charge in [-0.2, -0.15) is 8.42 Å². The SMILES string of the molecule is [C-]#[N+]c1ccc(-c2ccc3c(c2)N(C)S(=O)(=O)N3CC2CC2(F)F)nc1N1CCN(C(=O)c2ccon2)CC1. The van der Waals surface area contributed by atoms with Crippen LogP contribution in [0.2, 0.25) is 0 Å². The van der Waals surface area contributed by atoms with Gasteiger partial charge >= 0.3 is 10.2 Å². The van der Waals surface area contributed by atoms with E-state index >= 15 is 0 Å². The molecule has 2 aromatic heterocycles. The van der Waals surface area contributed by atoms with Gasteiger partial charge in [0.15, 0.2) is 5.69 Å². The number of carbonyl (C=O) groups excluding carboxylic acids is 1. The summed E-state index contributed by atoms with van der Waals surface area (Å²) >= 11 is 0. The minimum Gasteiger partial charge on any atom is -0.364 e. The third-order valence-corrected chi connectivity index (χ3v) is 9.14. The van der Waals surface area contributed by atoms with E-state index in [0.717, 1.165) is 8.61 Å². The number of alkyl halides is 2. The number of fused-ring (bicyclic) bond motifs is 1. The third-order valence-electron chi connectivity index (χ3n) is 7.34. The molecule has 39 heavy (non-hydrogen) atoms. The molecule has 11 nitrogen and oxygen atoms in total. The summed E-state index contributed by atoms with van der Waals surface area (Å²) in [5, 5.41) is 3.70. The molecule has 1 atom stereocenters. The monoisotopic (exact) mass is 555 g/mol. The molecule has 1 unspecified atom stereocenters. The van der Waals surface area contributed by atoms with Crippen LogP contribution in [-0.4, -0.2) is 75.1 Å². The molecule has 202 valence electrons. The van der Waals surface area contributed by atoms with Gasteiger partial charge in [-0.1, -0.05) is 17.3 Å². The maximum absolute atomic E-state index is 13.5. The van der Waals surface area contributed by atoms with E-state index in [1.165, 1.54) is 19.4 Å². The molecule has 3 aliphatic rings. The average molecular weight is 556 g/mol. The predicted octanol–water partition coefficient (Wildman–Crippen LogP) is 3.41. The number of benzene rings is 1. The standard InChI is InChI=1S/C25H23F2N7O4S/c1-28-19-5-4-18(29-23(19)32-8-10-33(11-9-32)24(35)20-7-12-38-30-20)16-3-6-21-22(13-16)31(2)39(36,37)34(21)15-17-14-25(17,26)27/h3-7,12-13,17H,8-11,14-15H2,2H3. The molecule has 0 radical (unpaired) electrons. The summed E-state index contributed by atoms with van der Waals surface area (Å²) in [6.45, 7) is 9.05. The molecule has 2 aliphatic heterocycles. The summed E-state index contributed by atoms with van der Waals surface area (Å²) in [7, 11) is -2.58. The van der Waals surface area contributed by atoms with E-state index in [1.54, 1.807) is 35.2 Å². The molecule has 0 spiro atoms. The van der Waals surface area contributed by atoms with Crippen LogP contribution < -0.4 is 13.5 Å². The normalized spacial score (nSPS) is 21.0. The highest BCUT2D eigenvalue weighted by Gasteiger charge is 2.59. The molecule has 0 bridgehead atoms. The Bertz CT molecular complexity index is 1600.